The van der Waals surface area contributed by atoms with Crippen LogP contribution >= 0.6 is 0 Å². The summed E-state index contributed by atoms with van der Waals surface area (Å²) in [6.07, 6.45) is -2.15. The molecule has 5 atom stereocenters. The Morgan fingerprint density at radius 3 is 3.00 bits per heavy atom. The first kappa shape index (κ1) is 12.9. The van der Waals surface area contributed by atoms with Gasteiger partial charge in [0.1, 0.15) is 12.2 Å². The maximum Gasteiger partial charge on any atom is 0.330 e. The van der Waals surface area contributed by atoms with Crippen molar-refractivity contribution in [3.63, 3.8) is 0 Å². The molecule has 0 radical (unpaired) electrons. The fourth-order valence-electron chi connectivity index (χ4n) is 2.51. The average molecular weight is 281 g/mol. The lowest BCUT2D eigenvalue weighted by Gasteiger charge is -2.19. The molecule has 106 valence electrons. The predicted octanol–water partition coefficient (Wildman–Crippen LogP) is -1.13. The third kappa shape index (κ3) is 1.91. The van der Waals surface area contributed by atoms with Gasteiger partial charge in [0.25, 0.3) is 5.56 Å². The second-order valence-electron chi connectivity index (χ2n) is 4.57. The van der Waals surface area contributed by atoms with Crippen LogP contribution in [0.15, 0.2) is 27.0 Å². The van der Waals surface area contributed by atoms with E-state index >= 15 is 0 Å². The predicted molar refractivity (Wildman–Crippen MR) is 63.9 cm³/mol. The third-order valence-corrected chi connectivity index (χ3v) is 3.41. The van der Waals surface area contributed by atoms with Crippen LogP contribution in [0.4, 0.5) is 0 Å². The van der Waals surface area contributed by atoms with E-state index in [0.29, 0.717) is 0 Å². The van der Waals surface area contributed by atoms with Crippen molar-refractivity contribution in [1.82, 2.24) is 9.55 Å². The van der Waals surface area contributed by atoms with Crippen LogP contribution in [0.2, 0.25) is 0 Å². The van der Waals surface area contributed by atoms with Crippen molar-refractivity contribution >= 4 is 0 Å². The molecule has 20 heavy (non-hydrogen) atoms. The normalized spacial score (nSPS) is 35.5. The van der Waals surface area contributed by atoms with Crippen molar-refractivity contribution < 1.29 is 14.6 Å². The summed E-state index contributed by atoms with van der Waals surface area (Å²) in [4.78, 5) is 27.5. The van der Waals surface area contributed by atoms with Gasteiger partial charge in [0.05, 0.1) is 18.8 Å². The second kappa shape index (κ2) is 4.76. The minimum atomic E-state index is -1.09. The first-order chi connectivity index (χ1) is 9.61. The maximum absolute atomic E-state index is 11.7. The summed E-state index contributed by atoms with van der Waals surface area (Å²) >= 11 is 0. The van der Waals surface area contributed by atoms with Crippen LogP contribution in [0.3, 0.4) is 0 Å². The number of ether oxygens (including phenoxy) is 2. The average Bonchev–Trinajstić information content (AvgIpc) is 2.93. The fraction of sp³-hybridized carbons (Fsp3) is 0.600. The quantitative estimate of drug-likeness (QED) is 0.400. The Morgan fingerprint density at radius 1 is 1.50 bits per heavy atom. The molecule has 3 rings (SSSR count). The largest absolute Gasteiger partial charge is 0.386 e. The van der Waals surface area contributed by atoms with Crippen molar-refractivity contribution in [2.45, 2.75) is 30.6 Å². The highest BCUT2D eigenvalue weighted by Crippen LogP contribution is 2.37. The Hall–Kier alpha value is -2.13. The molecule has 0 spiro atoms. The lowest BCUT2D eigenvalue weighted by molar-refractivity contribution is -0.0554. The summed E-state index contributed by atoms with van der Waals surface area (Å²) in [7, 11) is 0. The number of aromatic amines is 1. The molecule has 2 saturated heterocycles. The molecule has 2 aliphatic heterocycles. The van der Waals surface area contributed by atoms with Crippen LogP contribution in [0.1, 0.15) is 6.23 Å². The van der Waals surface area contributed by atoms with E-state index in [1.165, 1.54) is 6.20 Å². The number of H-pyrrole nitrogens is 1. The van der Waals surface area contributed by atoms with Gasteiger partial charge in [-0.3, -0.25) is 14.3 Å². The highest BCUT2D eigenvalue weighted by molar-refractivity contribution is 5.01. The SMILES string of the molecule is [N-]=[N+]=N[C@H]1CO[C@@H]2[C@@H](O)[C@H](n3ccc(=O)[nH]c3=O)O[C@@H]21. The topological polar surface area (TPSA) is 142 Å². The van der Waals surface area contributed by atoms with E-state index in [4.69, 9.17) is 15.0 Å². The van der Waals surface area contributed by atoms with Crippen LogP contribution in [0.25, 0.3) is 10.4 Å². The number of aliphatic hydroxyl groups excluding tert-OH is 1. The molecule has 0 bridgehead atoms. The van der Waals surface area contributed by atoms with E-state index in [0.717, 1.165) is 10.6 Å². The number of nitrogens with one attached hydrogen (secondary N) is 1. The summed E-state index contributed by atoms with van der Waals surface area (Å²) in [5, 5.41) is 13.7. The molecule has 10 nitrogen and oxygen atoms in total. The number of aromatic nitrogens is 2. The zero-order valence-corrected chi connectivity index (χ0v) is 10.1. The van der Waals surface area contributed by atoms with Gasteiger partial charge in [-0.15, -0.1) is 0 Å². The molecule has 3 heterocycles. The van der Waals surface area contributed by atoms with Crippen molar-refractivity contribution in [1.29, 1.82) is 0 Å². The van der Waals surface area contributed by atoms with Crippen LogP contribution in [-0.4, -0.2) is 45.6 Å². The van der Waals surface area contributed by atoms with Crippen molar-refractivity contribution in [2.24, 2.45) is 5.11 Å². The summed E-state index contributed by atoms with van der Waals surface area (Å²) in [6, 6.07) is 0.597. The molecule has 0 amide bonds. The number of aliphatic hydroxyl groups is 1. The number of hydrogen-bond donors (Lipinski definition) is 2. The second-order valence-corrected chi connectivity index (χ2v) is 4.57. The van der Waals surface area contributed by atoms with Crippen LogP contribution in [0.5, 0.6) is 0 Å². The summed E-state index contributed by atoms with van der Waals surface area (Å²) in [5.41, 5.74) is 7.23. The summed E-state index contributed by atoms with van der Waals surface area (Å²) < 4.78 is 12.0. The number of azide groups is 1. The van der Waals surface area contributed by atoms with Gasteiger partial charge >= 0.3 is 5.69 Å². The van der Waals surface area contributed by atoms with Gasteiger partial charge in [0, 0.05) is 17.2 Å². The Morgan fingerprint density at radius 2 is 2.30 bits per heavy atom. The zero-order chi connectivity index (χ0) is 14.3. The third-order valence-electron chi connectivity index (χ3n) is 3.41. The molecule has 2 N–H and O–H groups in total. The van der Waals surface area contributed by atoms with E-state index < -0.39 is 41.8 Å². The number of hydrogen-bond acceptors (Lipinski definition) is 6. The highest BCUT2D eigenvalue weighted by atomic mass is 16.6. The Labute approximate surface area is 111 Å². The summed E-state index contributed by atoms with van der Waals surface area (Å²) in [5.74, 6) is 0. The molecule has 2 fully saturated rings. The molecule has 0 saturated carbocycles. The minimum Gasteiger partial charge on any atom is -0.386 e. The Balaban J connectivity index is 1.92. The van der Waals surface area contributed by atoms with Crippen LogP contribution in [0, 0.1) is 0 Å². The molecule has 0 unspecified atom stereocenters. The van der Waals surface area contributed by atoms with Crippen molar-refractivity contribution in [3.8, 4) is 0 Å². The Kier molecular flexibility index (Phi) is 3.07. The summed E-state index contributed by atoms with van der Waals surface area (Å²) in [6.45, 7) is 0.156. The molecule has 0 aromatic carbocycles. The minimum absolute atomic E-state index is 0.156. The van der Waals surface area contributed by atoms with Gasteiger partial charge in [0.15, 0.2) is 6.23 Å². The van der Waals surface area contributed by atoms with Gasteiger partial charge < -0.3 is 14.6 Å². The molecule has 1 aromatic heterocycles. The zero-order valence-electron chi connectivity index (χ0n) is 10.1. The lowest BCUT2D eigenvalue weighted by Crippen LogP contribution is -2.37. The van der Waals surface area contributed by atoms with E-state index in [1.807, 2.05) is 0 Å². The molecular formula is C10H11N5O5. The van der Waals surface area contributed by atoms with Gasteiger partial charge in [-0.1, -0.05) is 5.11 Å². The van der Waals surface area contributed by atoms with Crippen LogP contribution in [-0.2, 0) is 9.47 Å². The first-order valence-electron chi connectivity index (χ1n) is 5.92. The smallest absolute Gasteiger partial charge is 0.330 e. The van der Waals surface area contributed by atoms with E-state index in [-0.39, 0.29) is 6.61 Å². The fourth-order valence-corrected chi connectivity index (χ4v) is 2.51. The monoisotopic (exact) mass is 281 g/mol. The van der Waals surface area contributed by atoms with Crippen molar-refractivity contribution in [3.05, 3.63) is 43.5 Å². The maximum atomic E-state index is 11.7. The molecule has 0 aliphatic carbocycles. The van der Waals surface area contributed by atoms with Crippen LogP contribution < -0.4 is 11.2 Å². The molecular weight excluding hydrogens is 270 g/mol. The molecule has 1 aromatic rings. The first-order valence-corrected chi connectivity index (χ1v) is 5.92. The number of rotatable bonds is 2. The standard InChI is InChI=1S/C10H11N5O5/c11-14-13-4-3-19-8-6(17)9(20-7(4)8)15-2-1-5(16)12-10(15)18/h1-2,4,6-9,17H,3H2,(H,12,16,18)/t4-,6+,7+,8+,9+/m0/s1. The van der Waals surface area contributed by atoms with Crippen molar-refractivity contribution in [2.75, 3.05) is 6.61 Å². The van der Waals surface area contributed by atoms with Gasteiger partial charge in [0.2, 0.25) is 0 Å². The molecule has 10 heteroatoms. The Bertz CT molecular complexity index is 677. The number of nitrogens with zero attached hydrogens (tertiary/aromatic N) is 4. The van der Waals surface area contributed by atoms with E-state index in [9.17, 15) is 14.7 Å². The van der Waals surface area contributed by atoms with E-state index in [2.05, 4.69) is 15.0 Å². The van der Waals surface area contributed by atoms with Gasteiger partial charge in [-0.2, -0.15) is 0 Å². The molecule has 2 aliphatic rings. The van der Waals surface area contributed by atoms with Gasteiger partial charge in [-0.05, 0) is 5.53 Å². The highest BCUT2D eigenvalue weighted by Gasteiger charge is 2.52. The van der Waals surface area contributed by atoms with E-state index in [1.54, 1.807) is 0 Å². The number of fused-ring (bicyclic) bond motifs is 1. The van der Waals surface area contributed by atoms with Gasteiger partial charge in [-0.25, -0.2) is 4.79 Å². The lowest BCUT2D eigenvalue weighted by atomic mass is 10.1.